The molecule has 1 aliphatic carbocycles. The second-order valence-electron chi connectivity index (χ2n) is 4.08. The number of carbonyl (C=O) groups is 1. The van der Waals surface area contributed by atoms with E-state index in [0.29, 0.717) is 11.5 Å². The van der Waals surface area contributed by atoms with E-state index in [1.54, 1.807) is 13.2 Å². The lowest BCUT2D eigenvalue weighted by molar-refractivity contribution is 0.0600. The van der Waals surface area contributed by atoms with E-state index in [9.17, 15) is 4.79 Å². The molecular formula is C13H16O3. The highest BCUT2D eigenvalue weighted by molar-refractivity contribution is 5.89. The minimum absolute atomic E-state index is 0.289. The van der Waals surface area contributed by atoms with Crippen molar-refractivity contribution in [1.82, 2.24) is 0 Å². The van der Waals surface area contributed by atoms with Crippen LogP contribution in [0, 0.1) is 0 Å². The molecule has 0 unspecified atom stereocenters. The quantitative estimate of drug-likeness (QED) is 0.735. The maximum absolute atomic E-state index is 11.4. The van der Waals surface area contributed by atoms with Crippen LogP contribution in [0.1, 0.15) is 41.1 Å². The van der Waals surface area contributed by atoms with Gasteiger partial charge in [-0.1, -0.05) is 6.42 Å². The number of hydrogen-bond donors (Lipinski definition) is 0. The third kappa shape index (κ3) is 1.90. The Labute approximate surface area is 95.4 Å². The topological polar surface area (TPSA) is 35.5 Å². The van der Waals surface area contributed by atoms with Crippen molar-refractivity contribution in [2.24, 2.45) is 0 Å². The summed E-state index contributed by atoms with van der Waals surface area (Å²) in [6.45, 7) is 0. The lowest BCUT2D eigenvalue weighted by Crippen LogP contribution is -2.12. The Morgan fingerprint density at radius 3 is 2.56 bits per heavy atom. The lowest BCUT2D eigenvalue weighted by atomic mass is 9.79. The molecule has 0 radical (unpaired) electrons. The Bertz CT molecular complexity index is 394. The molecule has 3 nitrogen and oxygen atoms in total. The summed E-state index contributed by atoms with van der Waals surface area (Å²) in [7, 11) is 3.06. The second-order valence-corrected chi connectivity index (χ2v) is 4.08. The third-order valence-electron chi connectivity index (χ3n) is 3.20. The van der Waals surface area contributed by atoms with Crippen molar-refractivity contribution in [3.05, 3.63) is 29.3 Å². The summed E-state index contributed by atoms with van der Waals surface area (Å²) in [6.07, 6.45) is 3.62. The van der Waals surface area contributed by atoms with Gasteiger partial charge in [-0.05, 0) is 42.5 Å². The van der Waals surface area contributed by atoms with Gasteiger partial charge >= 0.3 is 5.97 Å². The van der Waals surface area contributed by atoms with Gasteiger partial charge in [-0.15, -0.1) is 0 Å². The van der Waals surface area contributed by atoms with E-state index in [1.165, 1.54) is 26.4 Å². The number of carbonyl (C=O) groups excluding carboxylic acids is 1. The van der Waals surface area contributed by atoms with Crippen molar-refractivity contribution in [3.63, 3.8) is 0 Å². The van der Waals surface area contributed by atoms with Crippen LogP contribution in [0.2, 0.25) is 0 Å². The number of benzene rings is 1. The summed E-state index contributed by atoms with van der Waals surface area (Å²) in [5, 5.41) is 0. The lowest BCUT2D eigenvalue weighted by Gasteiger charge is -2.27. The summed E-state index contributed by atoms with van der Waals surface area (Å²) in [5.41, 5.74) is 1.74. The zero-order valence-corrected chi connectivity index (χ0v) is 9.66. The van der Waals surface area contributed by atoms with Gasteiger partial charge in [0, 0.05) is 0 Å². The fourth-order valence-corrected chi connectivity index (χ4v) is 2.02. The van der Waals surface area contributed by atoms with Crippen LogP contribution in [-0.4, -0.2) is 20.2 Å². The SMILES string of the molecule is COC(=O)c1ccc(OC)c(C2CCC2)c1. The Morgan fingerprint density at radius 1 is 1.31 bits per heavy atom. The maximum atomic E-state index is 11.4. The Hall–Kier alpha value is -1.51. The highest BCUT2D eigenvalue weighted by Crippen LogP contribution is 2.41. The molecule has 0 amide bonds. The first-order chi connectivity index (χ1) is 7.76. The molecule has 0 aromatic heterocycles. The largest absolute Gasteiger partial charge is 0.496 e. The molecule has 0 aliphatic heterocycles. The van der Waals surface area contributed by atoms with Crippen molar-refractivity contribution >= 4 is 5.97 Å². The van der Waals surface area contributed by atoms with Gasteiger partial charge in [0.25, 0.3) is 0 Å². The van der Waals surface area contributed by atoms with Crippen LogP contribution in [-0.2, 0) is 4.74 Å². The van der Waals surface area contributed by atoms with Gasteiger partial charge in [-0.25, -0.2) is 4.79 Å². The fourth-order valence-electron chi connectivity index (χ4n) is 2.02. The molecule has 0 atom stereocenters. The molecule has 3 heteroatoms. The molecule has 1 aromatic carbocycles. The van der Waals surface area contributed by atoms with E-state index in [-0.39, 0.29) is 5.97 Å². The number of ether oxygens (including phenoxy) is 2. The average Bonchev–Trinajstić information content (AvgIpc) is 2.25. The van der Waals surface area contributed by atoms with Crippen molar-refractivity contribution < 1.29 is 14.3 Å². The minimum Gasteiger partial charge on any atom is -0.496 e. The predicted molar refractivity (Wildman–Crippen MR) is 60.9 cm³/mol. The minimum atomic E-state index is -0.289. The van der Waals surface area contributed by atoms with E-state index in [2.05, 4.69) is 0 Å². The fraction of sp³-hybridized carbons (Fsp3) is 0.462. The first-order valence-corrected chi connectivity index (χ1v) is 5.52. The van der Waals surface area contributed by atoms with E-state index < -0.39 is 0 Å². The van der Waals surface area contributed by atoms with E-state index in [1.807, 2.05) is 12.1 Å². The van der Waals surface area contributed by atoms with Crippen LogP contribution in [0.3, 0.4) is 0 Å². The van der Waals surface area contributed by atoms with Crippen LogP contribution in [0.5, 0.6) is 5.75 Å². The van der Waals surface area contributed by atoms with Gasteiger partial charge in [0.1, 0.15) is 5.75 Å². The zero-order valence-electron chi connectivity index (χ0n) is 9.66. The normalized spacial score (nSPS) is 15.4. The average molecular weight is 220 g/mol. The molecule has 16 heavy (non-hydrogen) atoms. The summed E-state index contributed by atoms with van der Waals surface area (Å²) in [4.78, 5) is 11.4. The summed E-state index contributed by atoms with van der Waals surface area (Å²) in [6, 6.07) is 5.49. The van der Waals surface area contributed by atoms with Crippen molar-refractivity contribution in [1.29, 1.82) is 0 Å². The van der Waals surface area contributed by atoms with Crippen molar-refractivity contribution in [3.8, 4) is 5.75 Å². The highest BCUT2D eigenvalue weighted by atomic mass is 16.5. The van der Waals surface area contributed by atoms with Crippen molar-refractivity contribution in [2.75, 3.05) is 14.2 Å². The molecule has 0 bridgehead atoms. The van der Waals surface area contributed by atoms with E-state index in [0.717, 1.165) is 11.3 Å². The highest BCUT2D eigenvalue weighted by Gasteiger charge is 2.24. The monoisotopic (exact) mass is 220 g/mol. The summed E-state index contributed by atoms with van der Waals surface area (Å²) >= 11 is 0. The summed E-state index contributed by atoms with van der Waals surface area (Å²) < 4.78 is 10.0. The van der Waals surface area contributed by atoms with E-state index >= 15 is 0 Å². The number of hydrogen-bond acceptors (Lipinski definition) is 3. The molecule has 0 spiro atoms. The molecule has 86 valence electrons. The second kappa shape index (κ2) is 4.56. The zero-order chi connectivity index (χ0) is 11.5. The van der Waals surface area contributed by atoms with Crippen LogP contribution in [0.25, 0.3) is 0 Å². The van der Waals surface area contributed by atoms with Crippen molar-refractivity contribution in [2.45, 2.75) is 25.2 Å². The summed E-state index contributed by atoms with van der Waals surface area (Å²) in [5.74, 6) is 1.13. The number of rotatable bonds is 3. The van der Waals surface area contributed by atoms with Crippen LogP contribution in [0.4, 0.5) is 0 Å². The Balaban J connectivity index is 2.34. The molecular weight excluding hydrogens is 204 g/mol. The van der Waals surface area contributed by atoms with Gasteiger partial charge in [-0.3, -0.25) is 0 Å². The Kier molecular flexibility index (Phi) is 3.13. The predicted octanol–water partition coefficient (Wildman–Crippen LogP) is 2.75. The van der Waals surface area contributed by atoms with E-state index in [4.69, 9.17) is 9.47 Å². The van der Waals surface area contributed by atoms with Gasteiger partial charge in [0.15, 0.2) is 0 Å². The maximum Gasteiger partial charge on any atom is 0.337 e. The molecule has 1 aliphatic rings. The van der Waals surface area contributed by atoms with Gasteiger partial charge < -0.3 is 9.47 Å². The van der Waals surface area contributed by atoms with Crippen LogP contribution >= 0.6 is 0 Å². The molecule has 0 N–H and O–H groups in total. The van der Waals surface area contributed by atoms with Crippen LogP contribution < -0.4 is 4.74 Å². The van der Waals surface area contributed by atoms with Gasteiger partial charge in [-0.2, -0.15) is 0 Å². The first-order valence-electron chi connectivity index (χ1n) is 5.52. The smallest absolute Gasteiger partial charge is 0.337 e. The standard InChI is InChI=1S/C13H16O3/c1-15-12-7-6-10(13(14)16-2)8-11(12)9-4-3-5-9/h6-9H,3-5H2,1-2H3. The Morgan fingerprint density at radius 2 is 2.06 bits per heavy atom. The molecule has 2 rings (SSSR count). The molecule has 1 aromatic rings. The third-order valence-corrected chi connectivity index (χ3v) is 3.20. The van der Waals surface area contributed by atoms with Gasteiger partial charge in [0.05, 0.1) is 19.8 Å². The molecule has 0 heterocycles. The van der Waals surface area contributed by atoms with Gasteiger partial charge in [0.2, 0.25) is 0 Å². The molecule has 1 fully saturated rings. The number of methoxy groups -OCH3 is 2. The molecule has 1 saturated carbocycles. The molecule has 0 saturated heterocycles. The number of esters is 1. The first kappa shape index (κ1) is 11.0. The van der Waals surface area contributed by atoms with Crippen LogP contribution in [0.15, 0.2) is 18.2 Å².